The van der Waals surface area contributed by atoms with E-state index in [0.717, 1.165) is 0 Å². The van der Waals surface area contributed by atoms with Crippen LogP contribution >= 0.6 is 0 Å². The largest absolute Gasteiger partial charge is 0.410 e. The first-order valence-corrected chi connectivity index (χ1v) is 6.08. The summed E-state index contributed by atoms with van der Waals surface area (Å²) in [5.41, 5.74) is 2.45. The van der Waals surface area contributed by atoms with Crippen LogP contribution in [0.25, 0.3) is 0 Å². The number of aromatic nitrogens is 2. The zero-order valence-electron chi connectivity index (χ0n) is 10.7. The normalized spacial score (nSPS) is 15.7. The smallest absolute Gasteiger partial charge is 0.212 e. The van der Waals surface area contributed by atoms with Gasteiger partial charge in [-0.15, -0.1) is 0 Å². The molecule has 0 saturated heterocycles. The lowest BCUT2D eigenvalue weighted by atomic mass is 9.89. The van der Waals surface area contributed by atoms with Crippen molar-refractivity contribution in [1.29, 1.82) is 0 Å². The Labute approximate surface area is 110 Å². The maximum absolute atomic E-state index is 12.6. The highest BCUT2D eigenvalue weighted by molar-refractivity contribution is 6.28. The van der Waals surface area contributed by atoms with Gasteiger partial charge in [0.2, 0.25) is 5.78 Å². The zero-order valence-corrected chi connectivity index (χ0v) is 10.7. The van der Waals surface area contributed by atoms with Gasteiger partial charge in [0.1, 0.15) is 17.1 Å². The fourth-order valence-corrected chi connectivity index (χ4v) is 2.39. The van der Waals surface area contributed by atoms with Crippen molar-refractivity contribution in [3.8, 4) is 0 Å². The van der Waals surface area contributed by atoms with E-state index >= 15 is 0 Å². The molecule has 0 atom stereocenters. The minimum absolute atomic E-state index is 0.0794. The SMILES string of the molecule is CC(C)n1cnc2c1C(=O)c1ccccc1/C2=N\O. The van der Waals surface area contributed by atoms with Crippen molar-refractivity contribution in [3.63, 3.8) is 0 Å². The van der Waals surface area contributed by atoms with Gasteiger partial charge in [-0.2, -0.15) is 0 Å². The molecule has 5 nitrogen and oxygen atoms in total. The van der Waals surface area contributed by atoms with Crippen molar-refractivity contribution < 1.29 is 10.0 Å². The Bertz CT molecular complexity index is 698. The lowest BCUT2D eigenvalue weighted by molar-refractivity contribution is 0.102. The maximum atomic E-state index is 12.6. The van der Waals surface area contributed by atoms with Crippen LogP contribution in [0.1, 0.15) is 47.2 Å². The van der Waals surface area contributed by atoms with Crippen molar-refractivity contribution in [2.24, 2.45) is 5.16 Å². The molecule has 1 aliphatic carbocycles. The topological polar surface area (TPSA) is 67.5 Å². The Balaban J connectivity index is 2.33. The standard InChI is InChI=1S/C14H13N3O2/c1-8(2)17-7-15-12-11(16-19)9-5-3-4-6-10(9)14(18)13(12)17/h3-8,19H,1-2H3/b16-11+. The van der Waals surface area contributed by atoms with Gasteiger partial charge in [-0.25, -0.2) is 4.98 Å². The van der Waals surface area contributed by atoms with Crippen molar-refractivity contribution in [3.05, 3.63) is 53.1 Å². The van der Waals surface area contributed by atoms with Crippen LogP contribution in [0.2, 0.25) is 0 Å². The summed E-state index contributed by atoms with van der Waals surface area (Å²) in [6.45, 7) is 3.96. The van der Waals surface area contributed by atoms with E-state index in [1.807, 2.05) is 19.9 Å². The summed E-state index contributed by atoms with van der Waals surface area (Å²) in [5.74, 6) is -0.0794. The van der Waals surface area contributed by atoms with E-state index in [4.69, 9.17) is 0 Å². The number of oxime groups is 1. The van der Waals surface area contributed by atoms with Gasteiger partial charge in [-0.05, 0) is 13.8 Å². The number of fused-ring (bicyclic) bond motifs is 2. The number of rotatable bonds is 1. The van der Waals surface area contributed by atoms with Crippen LogP contribution < -0.4 is 0 Å². The molecule has 1 N–H and O–H groups in total. The molecule has 0 saturated carbocycles. The lowest BCUT2D eigenvalue weighted by Gasteiger charge is -2.18. The summed E-state index contributed by atoms with van der Waals surface area (Å²) in [7, 11) is 0. The molecular weight excluding hydrogens is 242 g/mol. The molecule has 0 fully saturated rings. The molecule has 0 bridgehead atoms. The average Bonchev–Trinajstić information content (AvgIpc) is 2.84. The number of benzene rings is 1. The lowest BCUT2D eigenvalue weighted by Crippen LogP contribution is -2.24. The fourth-order valence-electron chi connectivity index (χ4n) is 2.39. The third-order valence-electron chi connectivity index (χ3n) is 3.32. The molecule has 2 aromatic rings. The van der Waals surface area contributed by atoms with Crippen LogP contribution in [-0.2, 0) is 0 Å². The van der Waals surface area contributed by atoms with E-state index in [9.17, 15) is 10.0 Å². The quantitative estimate of drug-likeness (QED) is 0.535. The van der Waals surface area contributed by atoms with Crippen LogP contribution in [-0.4, -0.2) is 26.3 Å². The van der Waals surface area contributed by atoms with Crippen molar-refractivity contribution >= 4 is 11.5 Å². The van der Waals surface area contributed by atoms with Gasteiger partial charge in [0.25, 0.3) is 0 Å². The van der Waals surface area contributed by atoms with Crippen LogP contribution in [0.15, 0.2) is 35.7 Å². The van der Waals surface area contributed by atoms with Gasteiger partial charge >= 0.3 is 0 Å². The van der Waals surface area contributed by atoms with Gasteiger partial charge in [-0.1, -0.05) is 29.4 Å². The van der Waals surface area contributed by atoms with Crippen LogP contribution in [0.5, 0.6) is 0 Å². The number of carbonyl (C=O) groups is 1. The summed E-state index contributed by atoms with van der Waals surface area (Å²) < 4.78 is 1.80. The highest BCUT2D eigenvalue weighted by atomic mass is 16.4. The summed E-state index contributed by atoms with van der Waals surface area (Å²) in [6, 6.07) is 7.22. The predicted octanol–water partition coefficient (Wildman–Crippen LogP) is 2.23. The average molecular weight is 255 g/mol. The molecule has 0 radical (unpaired) electrons. The molecule has 5 heteroatoms. The molecule has 1 aromatic carbocycles. The van der Waals surface area contributed by atoms with Gasteiger partial charge < -0.3 is 9.77 Å². The molecule has 0 unspecified atom stereocenters. The molecule has 1 aliphatic rings. The number of carbonyl (C=O) groups excluding carboxylic acids is 1. The number of ketones is 1. The van der Waals surface area contributed by atoms with Crippen LogP contribution in [0, 0.1) is 0 Å². The second kappa shape index (κ2) is 4.05. The van der Waals surface area contributed by atoms with Crippen molar-refractivity contribution in [2.75, 3.05) is 0 Å². The van der Waals surface area contributed by atoms with Gasteiger partial charge in [0.15, 0.2) is 0 Å². The first-order valence-electron chi connectivity index (χ1n) is 6.08. The Hall–Kier alpha value is -2.43. The monoisotopic (exact) mass is 255 g/mol. The molecule has 3 rings (SSSR count). The molecule has 1 aromatic heterocycles. The molecule has 0 aliphatic heterocycles. The highest BCUT2D eigenvalue weighted by Crippen LogP contribution is 2.28. The van der Waals surface area contributed by atoms with Crippen LogP contribution in [0.4, 0.5) is 0 Å². The van der Waals surface area contributed by atoms with E-state index in [-0.39, 0.29) is 11.8 Å². The highest BCUT2D eigenvalue weighted by Gasteiger charge is 2.33. The summed E-state index contributed by atoms with van der Waals surface area (Å²) >= 11 is 0. The number of imidazole rings is 1. The molecule has 0 amide bonds. The minimum Gasteiger partial charge on any atom is -0.410 e. The number of nitrogens with zero attached hydrogens (tertiary/aromatic N) is 3. The Morgan fingerprint density at radius 3 is 2.58 bits per heavy atom. The number of hydrogen-bond donors (Lipinski definition) is 1. The van der Waals surface area contributed by atoms with Gasteiger partial charge in [-0.3, -0.25) is 4.79 Å². The third kappa shape index (κ3) is 1.51. The van der Waals surface area contributed by atoms with Crippen molar-refractivity contribution in [2.45, 2.75) is 19.9 Å². The van der Waals surface area contributed by atoms with E-state index in [1.165, 1.54) is 0 Å². The van der Waals surface area contributed by atoms with Gasteiger partial charge in [0, 0.05) is 17.2 Å². The molecular formula is C14H13N3O2. The maximum Gasteiger partial charge on any atom is 0.212 e. The summed E-state index contributed by atoms with van der Waals surface area (Å²) in [6.07, 6.45) is 1.62. The van der Waals surface area contributed by atoms with E-state index in [0.29, 0.717) is 28.2 Å². The van der Waals surface area contributed by atoms with Gasteiger partial charge in [0.05, 0.1) is 6.33 Å². The first kappa shape index (κ1) is 11.6. The molecule has 0 spiro atoms. The summed E-state index contributed by atoms with van der Waals surface area (Å²) in [4.78, 5) is 16.8. The van der Waals surface area contributed by atoms with E-state index in [2.05, 4.69) is 10.1 Å². The second-order valence-corrected chi connectivity index (χ2v) is 4.77. The van der Waals surface area contributed by atoms with E-state index in [1.54, 1.807) is 29.1 Å². The molecule has 1 heterocycles. The first-order chi connectivity index (χ1) is 9.15. The molecule has 96 valence electrons. The Morgan fingerprint density at radius 1 is 1.26 bits per heavy atom. The number of hydrogen-bond acceptors (Lipinski definition) is 4. The Morgan fingerprint density at radius 2 is 1.95 bits per heavy atom. The second-order valence-electron chi connectivity index (χ2n) is 4.77. The van der Waals surface area contributed by atoms with E-state index < -0.39 is 0 Å². The molecule has 19 heavy (non-hydrogen) atoms. The van der Waals surface area contributed by atoms with Crippen molar-refractivity contribution in [1.82, 2.24) is 9.55 Å². The Kier molecular flexibility index (Phi) is 2.48. The zero-order chi connectivity index (χ0) is 13.6. The summed E-state index contributed by atoms with van der Waals surface area (Å²) in [5, 5.41) is 12.6. The minimum atomic E-state index is -0.0794. The third-order valence-corrected chi connectivity index (χ3v) is 3.32. The van der Waals surface area contributed by atoms with Crippen LogP contribution in [0.3, 0.4) is 0 Å². The fraction of sp³-hybridized carbons (Fsp3) is 0.214. The predicted molar refractivity (Wildman–Crippen MR) is 69.9 cm³/mol.